The van der Waals surface area contributed by atoms with Crippen LogP contribution in [0.25, 0.3) is 0 Å². The molecule has 0 saturated heterocycles. The Morgan fingerprint density at radius 2 is 2.20 bits per heavy atom. The number of aromatic nitrogens is 2. The number of hydrogen-bond acceptors (Lipinski definition) is 4. The maximum Gasteiger partial charge on any atom is 0.275 e. The van der Waals surface area contributed by atoms with Crippen molar-refractivity contribution in [1.82, 2.24) is 9.55 Å². The second-order valence-electron chi connectivity index (χ2n) is 4.11. The van der Waals surface area contributed by atoms with Gasteiger partial charge in [-0.3, -0.25) is 19.5 Å². The first-order valence-corrected chi connectivity index (χ1v) is 7.00. The van der Waals surface area contributed by atoms with Crippen molar-refractivity contribution < 1.29 is 4.92 Å². The second kappa shape index (κ2) is 5.88. The third kappa shape index (κ3) is 2.98. The van der Waals surface area contributed by atoms with Crippen LogP contribution in [-0.2, 0) is 6.54 Å². The molecular weight excluding hydrogens is 397 g/mol. The summed E-state index contributed by atoms with van der Waals surface area (Å²) in [5.41, 5.74) is 0.711. The molecule has 1 heterocycles. The quantitative estimate of drug-likeness (QED) is 0.447. The molecule has 2 aromatic rings. The number of nitro benzene ring substituents is 1. The number of halogens is 2. The molecule has 0 unspecified atom stereocenters. The number of aryl methyl sites for hydroxylation is 1. The standard InChI is InChI=1S/C12H9ClIN3O3/c1-7-11(14)12(18)16(6-15-7)5-8-2-3-9(13)4-10(8)17(19)20/h2-4,6H,5H2,1H3. The van der Waals surface area contributed by atoms with Gasteiger partial charge in [-0.15, -0.1) is 0 Å². The number of nitro groups is 1. The molecule has 0 fully saturated rings. The molecule has 1 aromatic carbocycles. The van der Waals surface area contributed by atoms with Gasteiger partial charge in [-0.2, -0.15) is 0 Å². The molecule has 0 aliphatic heterocycles. The van der Waals surface area contributed by atoms with E-state index in [1.54, 1.807) is 19.1 Å². The number of benzene rings is 1. The fourth-order valence-corrected chi connectivity index (χ4v) is 2.30. The number of hydrogen-bond donors (Lipinski definition) is 0. The van der Waals surface area contributed by atoms with Gasteiger partial charge >= 0.3 is 0 Å². The Kier molecular flexibility index (Phi) is 4.39. The molecule has 2 rings (SSSR count). The first-order valence-electron chi connectivity index (χ1n) is 5.54. The lowest BCUT2D eigenvalue weighted by Gasteiger charge is -2.08. The van der Waals surface area contributed by atoms with Gasteiger partial charge in [0.15, 0.2) is 0 Å². The van der Waals surface area contributed by atoms with Crippen LogP contribution in [0.3, 0.4) is 0 Å². The molecule has 20 heavy (non-hydrogen) atoms. The van der Waals surface area contributed by atoms with Gasteiger partial charge in [0, 0.05) is 16.7 Å². The zero-order chi connectivity index (χ0) is 14.9. The Bertz CT molecular complexity index is 745. The molecule has 0 saturated carbocycles. The summed E-state index contributed by atoms with van der Waals surface area (Å²) in [6.45, 7) is 1.81. The van der Waals surface area contributed by atoms with E-state index in [0.717, 1.165) is 0 Å². The largest absolute Gasteiger partial charge is 0.294 e. The van der Waals surface area contributed by atoms with Crippen molar-refractivity contribution in [3.05, 3.63) is 64.8 Å². The van der Waals surface area contributed by atoms with Crippen molar-refractivity contribution in [2.24, 2.45) is 0 Å². The van der Waals surface area contributed by atoms with Crippen LogP contribution < -0.4 is 5.56 Å². The minimum atomic E-state index is -0.515. The fourth-order valence-electron chi connectivity index (χ4n) is 1.68. The molecular formula is C12H9ClIN3O3. The average Bonchev–Trinajstić information content (AvgIpc) is 2.41. The predicted octanol–water partition coefficient (Wildman–Crippen LogP) is 2.77. The summed E-state index contributed by atoms with van der Waals surface area (Å²) in [6.07, 6.45) is 1.39. The van der Waals surface area contributed by atoms with Gasteiger partial charge in [0.2, 0.25) is 0 Å². The first-order chi connectivity index (χ1) is 9.40. The summed E-state index contributed by atoms with van der Waals surface area (Å²) in [5, 5.41) is 11.3. The smallest absolute Gasteiger partial charge is 0.275 e. The summed E-state index contributed by atoms with van der Waals surface area (Å²) in [6, 6.07) is 4.37. The lowest BCUT2D eigenvalue weighted by atomic mass is 10.2. The Hall–Kier alpha value is -1.48. The highest BCUT2D eigenvalue weighted by Crippen LogP contribution is 2.23. The van der Waals surface area contributed by atoms with E-state index in [1.165, 1.54) is 17.0 Å². The molecule has 6 nitrogen and oxygen atoms in total. The molecule has 1 aromatic heterocycles. The van der Waals surface area contributed by atoms with Gasteiger partial charge in [-0.05, 0) is 41.6 Å². The molecule has 0 bridgehead atoms. The highest BCUT2D eigenvalue weighted by atomic mass is 127. The average molecular weight is 406 g/mol. The molecule has 0 N–H and O–H groups in total. The predicted molar refractivity (Wildman–Crippen MR) is 83.2 cm³/mol. The van der Waals surface area contributed by atoms with Crippen molar-refractivity contribution in [3.63, 3.8) is 0 Å². The maximum absolute atomic E-state index is 12.1. The second-order valence-corrected chi connectivity index (χ2v) is 5.62. The molecule has 0 atom stereocenters. The Morgan fingerprint density at radius 1 is 1.50 bits per heavy atom. The van der Waals surface area contributed by atoms with Crippen LogP contribution in [0.5, 0.6) is 0 Å². The van der Waals surface area contributed by atoms with E-state index in [-0.39, 0.29) is 22.8 Å². The van der Waals surface area contributed by atoms with Gasteiger partial charge in [0.25, 0.3) is 11.2 Å². The van der Waals surface area contributed by atoms with Gasteiger partial charge in [-0.25, -0.2) is 4.98 Å². The van der Waals surface area contributed by atoms with Crippen LogP contribution in [0, 0.1) is 20.6 Å². The van der Waals surface area contributed by atoms with E-state index >= 15 is 0 Å². The monoisotopic (exact) mass is 405 g/mol. The highest BCUT2D eigenvalue weighted by molar-refractivity contribution is 14.1. The van der Waals surface area contributed by atoms with E-state index in [0.29, 0.717) is 14.8 Å². The van der Waals surface area contributed by atoms with E-state index in [9.17, 15) is 14.9 Å². The van der Waals surface area contributed by atoms with Crippen LogP contribution in [-0.4, -0.2) is 14.5 Å². The lowest BCUT2D eigenvalue weighted by molar-refractivity contribution is -0.385. The summed E-state index contributed by atoms with van der Waals surface area (Å²) < 4.78 is 1.84. The number of rotatable bonds is 3. The molecule has 0 aliphatic carbocycles. The lowest BCUT2D eigenvalue weighted by Crippen LogP contribution is -2.24. The zero-order valence-electron chi connectivity index (χ0n) is 10.3. The van der Waals surface area contributed by atoms with Gasteiger partial charge in [-0.1, -0.05) is 11.6 Å². The van der Waals surface area contributed by atoms with E-state index < -0.39 is 4.92 Å². The van der Waals surface area contributed by atoms with Crippen LogP contribution in [0.2, 0.25) is 5.02 Å². The summed E-state index contributed by atoms with van der Waals surface area (Å²) in [4.78, 5) is 26.6. The Balaban J connectivity index is 2.48. The molecule has 0 amide bonds. The first kappa shape index (κ1) is 14.9. The van der Waals surface area contributed by atoms with Crippen molar-refractivity contribution >= 4 is 39.9 Å². The normalized spacial score (nSPS) is 10.6. The molecule has 0 radical (unpaired) electrons. The maximum atomic E-state index is 12.1. The highest BCUT2D eigenvalue weighted by Gasteiger charge is 2.16. The van der Waals surface area contributed by atoms with Crippen LogP contribution in [0.15, 0.2) is 29.3 Å². The Morgan fingerprint density at radius 3 is 2.85 bits per heavy atom. The van der Waals surface area contributed by atoms with Crippen LogP contribution >= 0.6 is 34.2 Å². The molecule has 0 aliphatic rings. The van der Waals surface area contributed by atoms with Gasteiger partial charge in [0.1, 0.15) is 0 Å². The summed E-state index contributed by atoms with van der Waals surface area (Å²) in [5.74, 6) is 0. The third-order valence-electron chi connectivity index (χ3n) is 2.74. The summed E-state index contributed by atoms with van der Waals surface area (Å²) in [7, 11) is 0. The molecule has 0 spiro atoms. The third-order valence-corrected chi connectivity index (χ3v) is 4.22. The minimum absolute atomic E-state index is 0.0790. The van der Waals surface area contributed by atoms with Crippen LogP contribution in [0.4, 0.5) is 5.69 Å². The van der Waals surface area contributed by atoms with E-state index in [4.69, 9.17) is 11.6 Å². The van der Waals surface area contributed by atoms with Crippen LogP contribution in [0.1, 0.15) is 11.3 Å². The molecule has 104 valence electrons. The van der Waals surface area contributed by atoms with E-state index in [1.807, 2.05) is 22.6 Å². The SMILES string of the molecule is Cc1ncn(Cc2ccc(Cl)cc2[N+](=O)[O-])c(=O)c1I. The zero-order valence-corrected chi connectivity index (χ0v) is 13.3. The van der Waals surface area contributed by atoms with E-state index in [2.05, 4.69) is 4.98 Å². The summed E-state index contributed by atoms with van der Waals surface area (Å²) >= 11 is 7.67. The molecule has 8 heteroatoms. The minimum Gasteiger partial charge on any atom is -0.294 e. The van der Waals surface area contributed by atoms with Crippen molar-refractivity contribution in [2.45, 2.75) is 13.5 Å². The number of nitrogens with zero attached hydrogens (tertiary/aromatic N) is 3. The topological polar surface area (TPSA) is 78.0 Å². The van der Waals surface area contributed by atoms with Crippen molar-refractivity contribution in [2.75, 3.05) is 0 Å². The van der Waals surface area contributed by atoms with Gasteiger partial charge < -0.3 is 0 Å². The van der Waals surface area contributed by atoms with Gasteiger partial charge in [0.05, 0.1) is 27.1 Å². The Labute approximate surface area is 132 Å². The fraction of sp³-hybridized carbons (Fsp3) is 0.167. The van der Waals surface area contributed by atoms with Crippen molar-refractivity contribution in [3.8, 4) is 0 Å². The van der Waals surface area contributed by atoms with Crippen molar-refractivity contribution in [1.29, 1.82) is 0 Å².